The van der Waals surface area contributed by atoms with Crippen molar-refractivity contribution < 1.29 is 28.6 Å². The summed E-state index contributed by atoms with van der Waals surface area (Å²) in [6.07, 6.45) is 11.4. The molecule has 8 heteroatoms. The van der Waals surface area contributed by atoms with E-state index in [1.165, 1.54) is 23.8 Å². The first-order valence-electron chi connectivity index (χ1n) is 17.3. The lowest BCUT2D eigenvalue weighted by Crippen LogP contribution is -2.43. The Morgan fingerprint density at radius 2 is 1.60 bits per heavy atom. The van der Waals surface area contributed by atoms with E-state index in [0.29, 0.717) is 31.6 Å². The molecule has 50 heavy (non-hydrogen) atoms. The van der Waals surface area contributed by atoms with E-state index in [2.05, 4.69) is 80.5 Å². The average molecular weight is 679 g/mol. The third-order valence-corrected chi connectivity index (χ3v) is 8.96. The number of alkyl carbamates (subject to hydrolysis) is 1. The van der Waals surface area contributed by atoms with Crippen LogP contribution >= 0.6 is 0 Å². The Labute approximate surface area is 296 Å². The fourth-order valence-corrected chi connectivity index (χ4v) is 5.98. The largest absolute Gasteiger partial charge is 0.484 e. The standard InChI is InChI=1S/C42H50N2O6/c1-6-42(4,25-13-14-30(2)3)26-24-31-20-22-32(23-21-31)49-29-39(45)44-38(40(46)48-5)19-11-12-27-43-41(47)50-28-37-35-17-9-7-15-33(35)34-16-8-10-18-36(34)37/h6-10,14-18,20-24,26,37-38H,1,11-13,19,25,27-29H2,2-5H3,(H,43,47)(H,44,45)/b26-24+/t38-,42+/m0/s1. The number of carbonyl (C=O) groups excluding carboxylic acids is 3. The lowest BCUT2D eigenvalue weighted by atomic mass is 9.84. The highest BCUT2D eigenvalue weighted by Crippen LogP contribution is 2.44. The van der Waals surface area contributed by atoms with Gasteiger partial charge in [0, 0.05) is 17.9 Å². The number of hydrogen-bond donors (Lipinski definition) is 2. The number of benzene rings is 3. The number of hydrogen-bond acceptors (Lipinski definition) is 6. The van der Waals surface area contributed by atoms with Crippen LogP contribution < -0.4 is 15.4 Å². The molecule has 0 saturated carbocycles. The number of fused-ring (bicyclic) bond motifs is 3. The van der Waals surface area contributed by atoms with E-state index in [1.807, 2.05) is 54.6 Å². The Morgan fingerprint density at radius 1 is 0.940 bits per heavy atom. The van der Waals surface area contributed by atoms with Crippen LogP contribution in [0.4, 0.5) is 4.79 Å². The van der Waals surface area contributed by atoms with Gasteiger partial charge >= 0.3 is 12.1 Å². The minimum absolute atomic E-state index is 0.00933. The summed E-state index contributed by atoms with van der Waals surface area (Å²) in [6.45, 7) is 10.8. The van der Waals surface area contributed by atoms with Crippen molar-refractivity contribution in [1.29, 1.82) is 0 Å². The van der Waals surface area contributed by atoms with E-state index in [1.54, 1.807) is 0 Å². The Morgan fingerprint density at radius 3 is 2.22 bits per heavy atom. The third kappa shape index (κ3) is 11.0. The zero-order valence-corrected chi connectivity index (χ0v) is 29.7. The van der Waals surface area contributed by atoms with Gasteiger partial charge < -0.3 is 24.8 Å². The van der Waals surface area contributed by atoms with Gasteiger partial charge in [-0.05, 0) is 85.9 Å². The van der Waals surface area contributed by atoms with Crippen molar-refractivity contribution in [2.75, 3.05) is 26.9 Å². The van der Waals surface area contributed by atoms with E-state index in [9.17, 15) is 14.4 Å². The maximum absolute atomic E-state index is 12.7. The number of nitrogens with one attached hydrogen (secondary N) is 2. The molecule has 264 valence electrons. The van der Waals surface area contributed by atoms with Crippen molar-refractivity contribution in [2.45, 2.75) is 64.8 Å². The van der Waals surface area contributed by atoms with Crippen molar-refractivity contribution in [3.8, 4) is 16.9 Å². The third-order valence-electron chi connectivity index (χ3n) is 8.96. The first-order chi connectivity index (χ1) is 24.1. The van der Waals surface area contributed by atoms with Crippen molar-refractivity contribution in [3.63, 3.8) is 0 Å². The maximum atomic E-state index is 12.7. The van der Waals surface area contributed by atoms with Gasteiger partial charge in [-0.25, -0.2) is 9.59 Å². The SMILES string of the molecule is C=C[C@@](C)(/C=C/c1ccc(OCC(=O)N[C@@H](CCCCNC(=O)OCC2c3ccccc3-c3ccccc32)C(=O)OC)cc1)CCC=C(C)C. The number of methoxy groups -OCH3 is 1. The first-order valence-corrected chi connectivity index (χ1v) is 17.3. The fourth-order valence-electron chi connectivity index (χ4n) is 5.98. The molecule has 0 bridgehead atoms. The Bertz CT molecular complexity index is 1630. The van der Waals surface area contributed by atoms with Gasteiger partial charge in [0.05, 0.1) is 7.11 Å². The maximum Gasteiger partial charge on any atom is 0.407 e. The highest BCUT2D eigenvalue weighted by molar-refractivity contribution is 5.85. The van der Waals surface area contributed by atoms with Crippen LogP contribution in [0.5, 0.6) is 5.75 Å². The molecular formula is C42H50N2O6. The molecule has 0 aliphatic heterocycles. The van der Waals surface area contributed by atoms with E-state index >= 15 is 0 Å². The molecule has 2 amide bonds. The van der Waals surface area contributed by atoms with Crippen LogP contribution in [-0.4, -0.2) is 50.9 Å². The van der Waals surface area contributed by atoms with Crippen LogP contribution in [0, 0.1) is 5.41 Å². The van der Waals surface area contributed by atoms with E-state index in [-0.39, 0.29) is 24.5 Å². The molecule has 2 N–H and O–H groups in total. The van der Waals surface area contributed by atoms with Gasteiger partial charge in [-0.2, -0.15) is 0 Å². The molecular weight excluding hydrogens is 628 g/mol. The second-order valence-corrected chi connectivity index (χ2v) is 13.1. The molecule has 0 saturated heterocycles. The zero-order chi connectivity index (χ0) is 35.9. The second-order valence-electron chi connectivity index (χ2n) is 13.1. The van der Waals surface area contributed by atoms with E-state index in [0.717, 1.165) is 29.5 Å². The fraction of sp³-hybridized carbons (Fsp3) is 0.357. The molecule has 0 fully saturated rings. The summed E-state index contributed by atoms with van der Waals surface area (Å²) in [7, 11) is 1.29. The Kier molecular flexibility index (Phi) is 14.0. The average Bonchev–Trinajstić information content (AvgIpc) is 3.45. The molecule has 0 unspecified atom stereocenters. The van der Waals surface area contributed by atoms with Crippen LogP contribution in [0.3, 0.4) is 0 Å². The van der Waals surface area contributed by atoms with Gasteiger partial charge in [0.25, 0.3) is 5.91 Å². The van der Waals surface area contributed by atoms with Gasteiger partial charge in [0.2, 0.25) is 0 Å². The molecule has 1 aliphatic carbocycles. The summed E-state index contributed by atoms with van der Waals surface area (Å²) < 4.78 is 16.2. The lowest BCUT2D eigenvalue weighted by Gasteiger charge is -2.20. The van der Waals surface area contributed by atoms with E-state index in [4.69, 9.17) is 14.2 Å². The highest BCUT2D eigenvalue weighted by atomic mass is 16.5. The minimum Gasteiger partial charge on any atom is -0.484 e. The van der Waals surface area contributed by atoms with Gasteiger partial charge in [0.1, 0.15) is 18.4 Å². The summed E-state index contributed by atoms with van der Waals surface area (Å²) in [5, 5.41) is 5.50. The number of esters is 1. The van der Waals surface area contributed by atoms with Crippen LogP contribution in [-0.2, 0) is 19.1 Å². The number of unbranched alkanes of at least 4 members (excludes halogenated alkanes) is 1. The van der Waals surface area contributed by atoms with Gasteiger partial charge in [-0.1, -0.05) is 97.5 Å². The van der Waals surface area contributed by atoms with Gasteiger partial charge in [0.15, 0.2) is 6.61 Å². The molecule has 0 heterocycles. The molecule has 3 aromatic carbocycles. The monoisotopic (exact) mass is 678 g/mol. The molecule has 8 nitrogen and oxygen atoms in total. The minimum atomic E-state index is -0.825. The number of amides is 2. The number of rotatable bonds is 18. The van der Waals surface area contributed by atoms with Gasteiger partial charge in [-0.15, -0.1) is 6.58 Å². The van der Waals surface area contributed by atoms with Crippen LogP contribution in [0.1, 0.15) is 75.5 Å². The Balaban J connectivity index is 1.16. The van der Waals surface area contributed by atoms with Crippen LogP contribution in [0.25, 0.3) is 17.2 Å². The number of allylic oxidation sites excluding steroid dienone is 4. The van der Waals surface area contributed by atoms with Crippen molar-refractivity contribution >= 4 is 24.0 Å². The summed E-state index contributed by atoms with van der Waals surface area (Å²) in [5.74, 6) is -0.434. The van der Waals surface area contributed by atoms with Gasteiger partial charge in [-0.3, -0.25) is 4.79 Å². The smallest absolute Gasteiger partial charge is 0.407 e. The van der Waals surface area contributed by atoms with Crippen LogP contribution in [0.2, 0.25) is 0 Å². The van der Waals surface area contributed by atoms with Crippen molar-refractivity contribution in [1.82, 2.24) is 10.6 Å². The van der Waals surface area contributed by atoms with E-state index < -0.39 is 24.0 Å². The molecule has 2 atom stereocenters. The molecule has 0 aromatic heterocycles. The quantitative estimate of drug-likeness (QED) is 0.0796. The first kappa shape index (κ1) is 37.7. The summed E-state index contributed by atoms with van der Waals surface area (Å²) in [6, 6.07) is 23.0. The highest BCUT2D eigenvalue weighted by Gasteiger charge is 2.29. The Hall–Kier alpha value is -5.11. The zero-order valence-electron chi connectivity index (χ0n) is 29.7. The van der Waals surface area contributed by atoms with Crippen molar-refractivity contribution in [3.05, 3.63) is 120 Å². The molecule has 0 radical (unpaired) electrons. The summed E-state index contributed by atoms with van der Waals surface area (Å²) >= 11 is 0. The second kappa shape index (κ2) is 18.6. The topological polar surface area (TPSA) is 103 Å². The molecule has 3 aromatic rings. The summed E-state index contributed by atoms with van der Waals surface area (Å²) in [5.41, 5.74) is 6.86. The molecule has 1 aliphatic rings. The van der Waals surface area contributed by atoms with Crippen molar-refractivity contribution in [2.24, 2.45) is 5.41 Å². The summed E-state index contributed by atoms with van der Waals surface area (Å²) in [4.78, 5) is 37.5. The molecule has 4 rings (SSSR count). The lowest BCUT2D eigenvalue weighted by molar-refractivity contribution is -0.145. The van der Waals surface area contributed by atoms with Crippen LogP contribution in [0.15, 0.2) is 103 Å². The predicted octanol–water partition coefficient (Wildman–Crippen LogP) is 8.38. The number of carbonyl (C=O) groups is 3. The normalized spacial score (nSPS) is 13.7. The number of ether oxygens (including phenoxy) is 3. The molecule has 0 spiro atoms. The predicted molar refractivity (Wildman–Crippen MR) is 199 cm³/mol.